The molecule has 2 aromatic rings. The zero-order chi connectivity index (χ0) is 7.68. The van der Waals surface area contributed by atoms with Crippen LogP contribution in [-0.2, 0) is 0 Å². The number of nitrogens with zero attached hydrogens (tertiary/aromatic N) is 2. The molecule has 2 aromatic heterocycles. The third kappa shape index (κ3) is 0.958. The van der Waals surface area contributed by atoms with E-state index in [4.69, 9.17) is 5.11 Å². The van der Waals surface area contributed by atoms with Crippen molar-refractivity contribution in [3.8, 4) is 17.4 Å². The summed E-state index contributed by atoms with van der Waals surface area (Å²) in [4.78, 5) is 6.43. The lowest BCUT2D eigenvalue weighted by molar-refractivity contribution is 0.421. The van der Waals surface area contributed by atoms with Crippen LogP contribution in [0.1, 0.15) is 0 Å². The fourth-order valence-corrected chi connectivity index (χ4v) is 0.776. The molecule has 5 nitrogen and oxygen atoms in total. The quantitative estimate of drug-likeness (QED) is 0.631. The number of rotatable bonds is 1. The molecule has 56 valence electrons. The fourth-order valence-electron chi connectivity index (χ4n) is 0.776. The van der Waals surface area contributed by atoms with Crippen LogP contribution in [0.3, 0.4) is 0 Å². The first-order valence-electron chi connectivity index (χ1n) is 3.01. The molecule has 0 unspecified atom stereocenters. The minimum Gasteiger partial charge on any atom is -0.493 e. The van der Waals surface area contributed by atoms with Gasteiger partial charge in [-0.05, 0) is 0 Å². The van der Waals surface area contributed by atoms with Gasteiger partial charge in [-0.25, -0.2) is 4.98 Å². The molecule has 0 aliphatic rings. The summed E-state index contributed by atoms with van der Waals surface area (Å²) >= 11 is 0. The van der Waals surface area contributed by atoms with Crippen LogP contribution in [0.25, 0.3) is 11.5 Å². The molecule has 5 heteroatoms. The maximum atomic E-state index is 8.88. The molecule has 0 aliphatic carbocycles. The Morgan fingerprint density at radius 1 is 1.55 bits per heavy atom. The van der Waals surface area contributed by atoms with Crippen LogP contribution in [0.2, 0.25) is 0 Å². The highest BCUT2D eigenvalue weighted by atomic mass is 16.5. The van der Waals surface area contributed by atoms with Crippen LogP contribution in [0.15, 0.2) is 23.0 Å². The maximum Gasteiger partial charge on any atom is 0.208 e. The molecule has 2 N–H and O–H groups in total. The summed E-state index contributed by atoms with van der Waals surface area (Å²) < 4.78 is 4.59. The molecule has 0 spiro atoms. The fraction of sp³-hybridized carbons (Fsp3) is 0. The molecule has 0 aliphatic heterocycles. The van der Waals surface area contributed by atoms with Gasteiger partial charge in [-0.1, -0.05) is 5.16 Å². The number of aromatic nitrogens is 3. The Morgan fingerprint density at radius 3 is 3.00 bits per heavy atom. The first-order chi connectivity index (χ1) is 5.36. The smallest absolute Gasteiger partial charge is 0.208 e. The minimum absolute atomic E-state index is 0.0167. The number of hydrogen-bond donors (Lipinski definition) is 2. The predicted molar refractivity (Wildman–Crippen MR) is 35.7 cm³/mol. The zero-order valence-electron chi connectivity index (χ0n) is 5.48. The molecule has 0 fully saturated rings. The van der Waals surface area contributed by atoms with Gasteiger partial charge in [0, 0.05) is 6.07 Å². The molecule has 2 heterocycles. The molecule has 11 heavy (non-hydrogen) atoms. The summed E-state index contributed by atoms with van der Waals surface area (Å²) in [6.45, 7) is 0. The van der Waals surface area contributed by atoms with Crippen LogP contribution in [0, 0.1) is 0 Å². The SMILES string of the molecule is Oc1cnc(-c2ccon2)[nH]1. The Balaban J connectivity index is 2.45. The summed E-state index contributed by atoms with van der Waals surface area (Å²) in [5.74, 6) is 0.513. The van der Waals surface area contributed by atoms with Gasteiger partial charge in [-0.15, -0.1) is 0 Å². The van der Waals surface area contributed by atoms with Gasteiger partial charge >= 0.3 is 0 Å². The molecule has 0 aromatic carbocycles. The second-order valence-corrected chi connectivity index (χ2v) is 2.00. The van der Waals surface area contributed by atoms with Crippen molar-refractivity contribution in [3.63, 3.8) is 0 Å². The number of nitrogens with one attached hydrogen (secondary N) is 1. The van der Waals surface area contributed by atoms with E-state index >= 15 is 0 Å². The highest BCUT2D eigenvalue weighted by Crippen LogP contribution is 2.14. The van der Waals surface area contributed by atoms with E-state index in [1.807, 2.05) is 0 Å². The average molecular weight is 151 g/mol. The molecule has 0 radical (unpaired) electrons. The Hall–Kier alpha value is -1.78. The van der Waals surface area contributed by atoms with Crippen molar-refractivity contribution in [3.05, 3.63) is 18.5 Å². The summed E-state index contributed by atoms with van der Waals surface area (Å²) in [5, 5.41) is 12.5. The van der Waals surface area contributed by atoms with E-state index in [2.05, 4.69) is 19.6 Å². The van der Waals surface area contributed by atoms with Crippen molar-refractivity contribution in [1.82, 2.24) is 15.1 Å². The summed E-state index contributed by atoms with van der Waals surface area (Å²) in [7, 11) is 0. The van der Waals surface area contributed by atoms with Gasteiger partial charge in [0.15, 0.2) is 5.82 Å². The molecule has 0 bridgehead atoms. The van der Waals surface area contributed by atoms with Gasteiger partial charge in [0.1, 0.15) is 12.0 Å². The molecule has 0 amide bonds. The number of aromatic hydroxyl groups is 1. The normalized spacial score (nSPS) is 10.2. The first-order valence-corrected chi connectivity index (χ1v) is 3.01. The second kappa shape index (κ2) is 2.12. The van der Waals surface area contributed by atoms with Crippen LogP contribution in [-0.4, -0.2) is 20.2 Å². The van der Waals surface area contributed by atoms with Gasteiger partial charge in [0.2, 0.25) is 5.88 Å². The van der Waals surface area contributed by atoms with Crippen molar-refractivity contribution in [2.24, 2.45) is 0 Å². The topological polar surface area (TPSA) is 74.9 Å². The Bertz CT molecular complexity index is 338. The van der Waals surface area contributed by atoms with Crippen molar-refractivity contribution >= 4 is 0 Å². The molecule has 0 saturated heterocycles. The van der Waals surface area contributed by atoms with E-state index in [9.17, 15) is 0 Å². The van der Waals surface area contributed by atoms with E-state index in [0.29, 0.717) is 11.5 Å². The summed E-state index contributed by atoms with van der Waals surface area (Å²) in [5.41, 5.74) is 0.574. The lowest BCUT2D eigenvalue weighted by Gasteiger charge is -1.83. The van der Waals surface area contributed by atoms with Crippen molar-refractivity contribution < 1.29 is 9.63 Å². The molecular weight excluding hydrogens is 146 g/mol. The van der Waals surface area contributed by atoms with Crippen LogP contribution in [0.5, 0.6) is 5.88 Å². The minimum atomic E-state index is 0.0167. The lowest BCUT2D eigenvalue weighted by atomic mass is 10.4. The van der Waals surface area contributed by atoms with Crippen molar-refractivity contribution in [1.29, 1.82) is 0 Å². The number of aromatic amines is 1. The van der Waals surface area contributed by atoms with E-state index < -0.39 is 0 Å². The zero-order valence-corrected chi connectivity index (χ0v) is 5.48. The summed E-state index contributed by atoms with van der Waals surface area (Å²) in [6.07, 6.45) is 2.75. The number of imidazole rings is 1. The largest absolute Gasteiger partial charge is 0.493 e. The number of hydrogen-bond acceptors (Lipinski definition) is 4. The van der Waals surface area contributed by atoms with Gasteiger partial charge in [0.05, 0.1) is 6.20 Å². The highest BCUT2D eigenvalue weighted by Gasteiger charge is 2.04. The van der Waals surface area contributed by atoms with Gasteiger partial charge in [-0.3, -0.25) is 0 Å². The van der Waals surface area contributed by atoms with E-state index in [1.54, 1.807) is 6.07 Å². The third-order valence-corrected chi connectivity index (χ3v) is 1.24. The lowest BCUT2D eigenvalue weighted by Crippen LogP contribution is -1.77. The van der Waals surface area contributed by atoms with Crippen LogP contribution < -0.4 is 0 Å². The van der Waals surface area contributed by atoms with Gasteiger partial charge in [0.25, 0.3) is 0 Å². The Labute approximate surface area is 61.7 Å². The van der Waals surface area contributed by atoms with Crippen LogP contribution >= 0.6 is 0 Å². The first kappa shape index (κ1) is 5.96. The maximum absolute atomic E-state index is 8.88. The Kier molecular flexibility index (Phi) is 1.15. The van der Waals surface area contributed by atoms with E-state index in [0.717, 1.165) is 0 Å². The summed E-state index contributed by atoms with van der Waals surface area (Å²) in [6, 6.07) is 1.65. The predicted octanol–water partition coefficient (Wildman–Crippen LogP) is 0.770. The third-order valence-electron chi connectivity index (χ3n) is 1.24. The highest BCUT2D eigenvalue weighted by molar-refractivity contribution is 5.48. The second-order valence-electron chi connectivity index (χ2n) is 2.00. The molecule has 2 rings (SSSR count). The van der Waals surface area contributed by atoms with Gasteiger partial charge < -0.3 is 14.6 Å². The average Bonchev–Trinajstić information content (AvgIpc) is 2.55. The number of H-pyrrole nitrogens is 1. The van der Waals surface area contributed by atoms with E-state index in [-0.39, 0.29) is 5.88 Å². The standard InChI is InChI=1S/C6H5N3O2/c10-5-3-7-6(8-5)4-1-2-11-9-4/h1-3,10H,(H,7,8). The monoisotopic (exact) mass is 151 g/mol. The van der Waals surface area contributed by atoms with Crippen molar-refractivity contribution in [2.45, 2.75) is 0 Å². The molecular formula is C6H5N3O2. The Morgan fingerprint density at radius 2 is 2.45 bits per heavy atom. The van der Waals surface area contributed by atoms with E-state index in [1.165, 1.54) is 12.5 Å². The molecule has 0 saturated carbocycles. The van der Waals surface area contributed by atoms with Crippen molar-refractivity contribution in [2.75, 3.05) is 0 Å². The van der Waals surface area contributed by atoms with Gasteiger partial charge in [-0.2, -0.15) is 0 Å². The van der Waals surface area contributed by atoms with Crippen LogP contribution in [0.4, 0.5) is 0 Å². The molecule has 0 atom stereocenters.